The molecule has 0 spiro atoms. The van der Waals surface area contributed by atoms with Crippen LogP contribution in [0.5, 0.6) is 0 Å². The Kier molecular flexibility index (Phi) is 7.04. The topological polar surface area (TPSA) is 98.9 Å². The lowest BCUT2D eigenvalue weighted by molar-refractivity contribution is -0.137. The molecule has 0 aliphatic carbocycles. The molecule has 2 N–H and O–H groups in total. The number of anilines is 1. The normalized spacial score (nSPS) is 11.6. The van der Waals surface area contributed by atoms with Crippen molar-refractivity contribution in [2.45, 2.75) is 39.0 Å². The van der Waals surface area contributed by atoms with Gasteiger partial charge < -0.3 is 10.4 Å². The lowest BCUT2D eigenvalue weighted by atomic mass is 9.94. The van der Waals surface area contributed by atoms with Crippen molar-refractivity contribution in [2.24, 2.45) is 5.92 Å². The molecule has 0 saturated heterocycles. The van der Waals surface area contributed by atoms with Crippen LogP contribution in [0, 0.1) is 17.2 Å². The third kappa shape index (κ3) is 5.65. The second kappa shape index (κ2) is 8.86. The zero-order valence-corrected chi connectivity index (χ0v) is 11.7. The number of hydrogen-bond donors (Lipinski definition) is 2. The van der Waals surface area contributed by atoms with Crippen molar-refractivity contribution in [3.8, 4) is 6.07 Å². The first-order valence-corrected chi connectivity index (χ1v) is 6.84. The number of hydrogen-bond acceptors (Lipinski definition) is 5. The predicted octanol–water partition coefficient (Wildman–Crippen LogP) is 2.43. The summed E-state index contributed by atoms with van der Waals surface area (Å²) in [6, 6.07) is 1.99. The van der Waals surface area contributed by atoms with Gasteiger partial charge in [-0.05, 0) is 18.8 Å². The van der Waals surface area contributed by atoms with Crippen LogP contribution in [0.15, 0.2) is 12.4 Å². The Morgan fingerprint density at radius 2 is 2.15 bits per heavy atom. The van der Waals surface area contributed by atoms with Crippen molar-refractivity contribution >= 4 is 11.8 Å². The molecule has 0 bridgehead atoms. The predicted molar refractivity (Wildman–Crippen MR) is 75.1 cm³/mol. The summed E-state index contributed by atoms with van der Waals surface area (Å²) in [5.74, 6) is 0.119. The van der Waals surface area contributed by atoms with E-state index < -0.39 is 5.97 Å². The van der Waals surface area contributed by atoms with Gasteiger partial charge in [0.05, 0.1) is 0 Å². The SMILES string of the molecule is CCCC(CCNc1nccnc1C#N)CCC(=O)O. The van der Waals surface area contributed by atoms with Gasteiger partial charge in [-0.1, -0.05) is 19.8 Å². The molecular formula is C14H20N4O2. The van der Waals surface area contributed by atoms with E-state index in [2.05, 4.69) is 22.2 Å². The molecule has 1 aromatic heterocycles. The molecule has 0 amide bonds. The van der Waals surface area contributed by atoms with Gasteiger partial charge in [0.25, 0.3) is 0 Å². The summed E-state index contributed by atoms with van der Waals surface area (Å²) in [7, 11) is 0. The molecule has 1 atom stereocenters. The maximum absolute atomic E-state index is 10.6. The van der Waals surface area contributed by atoms with E-state index in [4.69, 9.17) is 10.4 Å². The number of rotatable bonds is 9. The molecule has 0 aliphatic heterocycles. The molecule has 1 rings (SSSR count). The van der Waals surface area contributed by atoms with Gasteiger partial charge in [0.15, 0.2) is 11.5 Å². The highest BCUT2D eigenvalue weighted by molar-refractivity contribution is 5.66. The fourth-order valence-electron chi connectivity index (χ4n) is 2.11. The van der Waals surface area contributed by atoms with Gasteiger partial charge in [-0.3, -0.25) is 4.79 Å². The lowest BCUT2D eigenvalue weighted by Crippen LogP contribution is -2.12. The molecule has 6 nitrogen and oxygen atoms in total. The molecule has 0 aliphatic rings. The molecular weight excluding hydrogens is 256 g/mol. The highest BCUT2D eigenvalue weighted by Crippen LogP contribution is 2.18. The number of carbonyl (C=O) groups is 1. The minimum Gasteiger partial charge on any atom is -0.481 e. The second-order valence-electron chi connectivity index (χ2n) is 4.67. The Labute approximate surface area is 118 Å². The van der Waals surface area contributed by atoms with Crippen molar-refractivity contribution in [2.75, 3.05) is 11.9 Å². The van der Waals surface area contributed by atoms with Crippen LogP contribution < -0.4 is 5.32 Å². The molecule has 0 aromatic carbocycles. The maximum atomic E-state index is 10.6. The van der Waals surface area contributed by atoms with Gasteiger partial charge in [0, 0.05) is 25.4 Å². The van der Waals surface area contributed by atoms with Crippen LogP contribution >= 0.6 is 0 Å². The third-order valence-corrected chi connectivity index (χ3v) is 3.11. The second-order valence-corrected chi connectivity index (χ2v) is 4.67. The Morgan fingerprint density at radius 3 is 2.80 bits per heavy atom. The average molecular weight is 276 g/mol. The van der Waals surface area contributed by atoms with E-state index in [-0.39, 0.29) is 12.1 Å². The summed E-state index contributed by atoms with van der Waals surface area (Å²) >= 11 is 0. The van der Waals surface area contributed by atoms with Crippen molar-refractivity contribution in [1.82, 2.24) is 9.97 Å². The van der Waals surface area contributed by atoms with Crippen LogP contribution in [0.4, 0.5) is 5.82 Å². The minimum atomic E-state index is -0.750. The molecule has 1 aromatic rings. The standard InChI is InChI=1S/C14H20N4O2/c1-2-3-11(4-5-13(19)20)6-7-17-14-12(10-15)16-8-9-18-14/h8-9,11H,2-7H2,1H3,(H,17,18)(H,19,20). The van der Waals surface area contributed by atoms with Gasteiger partial charge in [-0.2, -0.15) is 5.26 Å². The number of aromatic nitrogens is 2. The van der Waals surface area contributed by atoms with Crippen LogP contribution in [-0.2, 0) is 4.79 Å². The Hall–Kier alpha value is -2.16. The number of nitrogens with one attached hydrogen (secondary N) is 1. The highest BCUT2D eigenvalue weighted by atomic mass is 16.4. The van der Waals surface area contributed by atoms with Crippen molar-refractivity contribution in [3.05, 3.63) is 18.1 Å². The van der Waals surface area contributed by atoms with E-state index in [1.54, 1.807) is 0 Å². The molecule has 1 unspecified atom stereocenters. The number of aliphatic carboxylic acids is 1. The summed E-state index contributed by atoms with van der Waals surface area (Å²) in [6.07, 6.45) is 6.84. The van der Waals surface area contributed by atoms with E-state index >= 15 is 0 Å². The third-order valence-electron chi connectivity index (χ3n) is 3.11. The number of nitriles is 1. The van der Waals surface area contributed by atoms with Crippen LogP contribution in [-0.4, -0.2) is 27.6 Å². The zero-order chi connectivity index (χ0) is 14.8. The number of carboxylic acids is 1. The van der Waals surface area contributed by atoms with E-state index in [9.17, 15) is 4.79 Å². The lowest BCUT2D eigenvalue weighted by Gasteiger charge is -2.15. The molecule has 0 fully saturated rings. The smallest absolute Gasteiger partial charge is 0.303 e. The number of nitrogens with zero attached hydrogens (tertiary/aromatic N) is 3. The van der Waals surface area contributed by atoms with Gasteiger partial charge in [0.1, 0.15) is 6.07 Å². The summed E-state index contributed by atoms with van der Waals surface area (Å²) < 4.78 is 0. The van der Waals surface area contributed by atoms with E-state index in [1.165, 1.54) is 12.4 Å². The zero-order valence-electron chi connectivity index (χ0n) is 11.7. The molecule has 20 heavy (non-hydrogen) atoms. The van der Waals surface area contributed by atoms with Gasteiger partial charge in [-0.15, -0.1) is 0 Å². The molecule has 6 heteroatoms. The van der Waals surface area contributed by atoms with E-state index in [1.807, 2.05) is 6.07 Å². The van der Waals surface area contributed by atoms with Crippen molar-refractivity contribution in [3.63, 3.8) is 0 Å². The number of carboxylic acid groups (broad SMARTS) is 1. The van der Waals surface area contributed by atoms with Crippen LogP contribution in [0.3, 0.4) is 0 Å². The maximum Gasteiger partial charge on any atom is 0.303 e. The van der Waals surface area contributed by atoms with Crippen LogP contribution in [0.1, 0.15) is 44.7 Å². The Bertz CT molecular complexity index is 470. The first-order valence-electron chi connectivity index (χ1n) is 6.84. The first-order chi connectivity index (χ1) is 9.67. The molecule has 0 radical (unpaired) electrons. The van der Waals surface area contributed by atoms with Gasteiger partial charge in [-0.25, -0.2) is 9.97 Å². The average Bonchev–Trinajstić information content (AvgIpc) is 2.45. The minimum absolute atomic E-state index is 0.208. The summed E-state index contributed by atoms with van der Waals surface area (Å²) in [5.41, 5.74) is 0.282. The molecule has 1 heterocycles. The largest absolute Gasteiger partial charge is 0.481 e. The fraction of sp³-hybridized carbons (Fsp3) is 0.571. The monoisotopic (exact) mass is 276 g/mol. The van der Waals surface area contributed by atoms with E-state index in [0.717, 1.165) is 19.3 Å². The van der Waals surface area contributed by atoms with Crippen LogP contribution in [0.2, 0.25) is 0 Å². The summed E-state index contributed by atoms with van der Waals surface area (Å²) in [6.45, 7) is 2.76. The van der Waals surface area contributed by atoms with Crippen LogP contribution in [0.25, 0.3) is 0 Å². The summed E-state index contributed by atoms with van der Waals surface area (Å²) in [4.78, 5) is 18.6. The molecule has 108 valence electrons. The Morgan fingerprint density at radius 1 is 1.40 bits per heavy atom. The first kappa shape index (κ1) is 15.9. The van der Waals surface area contributed by atoms with Crippen molar-refractivity contribution < 1.29 is 9.90 Å². The summed E-state index contributed by atoms with van der Waals surface area (Å²) in [5, 5.41) is 20.7. The fourth-order valence-corrected chi connectivity index (χ4v) is 2.11. The van der Waals surface area contributed by atoms with Crippen molar-refractivity contribution in [1.29, 1.82) is 5.26 Å². The van der Waals surface area contributed by atoms with Gasteiger partial charge in [0.2, 0.25) is 0 Å². The Balaban J connectivity index is 2.43. The van der Waals surface area contributed by atoms with Gasteiger partial charge >= 0.3 is 5.97 Å². The van der Waals surface area contributed by atoms with E-state index in [0.29, 0.717) is 24.7 Å². The molecule has 0 saturated carbocycles. The quantitative estimate of drug-likeness (QED) is 0.718. The highest BCUT2D eigenvalue weighted by Gasteiger charge is 2.11.